The lowest BCUT2D eigenvalue weighted by Crippen LogP contribution is -2.36. The van der Waals surface area contributed by atoms with E-state index in [0.717, 1.165) is 19.4 Å². The van der Waals surface area contributed by atoms with Gasteiger partial charge in [-0.2, -0.15) is 0 Å². The van der Waals surface area contributed by atoms with Gasteiger partial charge in [0.05, 0.1) is 5.75 Å². The zero-order valence-corrected chi connectivity index (χ0v) is 10.3. The van der Waals surface area contributed by atoms with Gasteiger partial charge in [0.25, 0.3) is 0 Å². The zero-order chi connectivity index (χ0) is 10.6. The smallest absolute Gasteiger partial charge is 0.213 e. The third kappa shape index (κ3) is 4.54. The molecule has 6 heteroatoms. The van der Waals surface area contributed by atoms with E-state index in [2.05, 4.69) is 32.5 Å². The van der Waals surface area contributed by atoms with Crippen molar-refractivity contribution in [3.8, 4) is 0 Å². The summed E-state index contributed by atoms with van der Waals surface area (Å²) in [6, 6.07) is 0.107. The summed E-state index contributed by atoms with van der Waals surface area (Å²) in [7, 11) is -3.16. The third-order valence-corrected chi connectivity index (χ3v) is 3.77. The molecule has 0 aromatic carbocycles. The van der Waals surface area contributed by atoms with Crippen LogP contribution in [-0.4, -0.2) is 33.3 Å². The minimum absolute atomic E-state index is 0.107. The molecule has 0 bridgehead atoms. The van der Waals surface area contributed by atoms with Crippen LogP contribution in [0.15, 0.2) is 11.1 Å². The number of sulfonamides is 1. The fraction of sp³-hybridized carbons (Fsp3) is 0.750. The molecule has 1 unspecified atom stereocenters. The van der Waals surface area contributed by atoms with Crippen molar-refractivity contribution in [2.45, 2.75) is 18.9 Å². The second kappa shape index (κ2) is 5.25. The molecular formula is C8H15BrN2O2S. The molecule has 1 rings (SSSR count). The van der Waals surface area contributed by atoms with Crippen LogP contribution in [0.4, 0.5) is 0 Å². The Morgan fingerprint density at radius 3 is 2.86 bits per heavy atom. The van der Waals surface area contributed by atoms with Crippen LogP contribution in [0.1, 0.15) is 12.8 Å². The van der Waals surface area contributed by atoms with Gasteiger partial charge in [-0.15, -0.1) is 0 Å². The quantitative estimate of drug-likeness (QED) is 0.775. The Labute approximate surface area is 93.3 Å². The standard InChI is InChI=1S/C8H15BrN2O2S/c1-7(9)5-11-14(12,13)6-8-3-2-4-10-8/h8,10-11H,1-6H2. The lowest BCUT2D eigenvalue weighted by atomic mass is 10.3. The molecule has 82 valence electrons. The molecule has 0 aromatic rings. The van der Waals surface area contributed by atoms with Gasteiger partial charge in [-0.25, -0.2) is 13.1 Å². The Balaban J connectivity index is 2.36. The second-order valence-corrected chi connectivity index (χ2v) is 6.39. The van der Waals surface area contributed by atoms with E-state index >= 15 is 0 Å². The van der Waals surface area contributed by atoms with E-state index in [1.807, 2.05) is 0 Å². The minimum atomic E-state index is -3.16. The van der Waals surface area contributed by atoms with Crippen molar-refractivity contribution >= 4 is 26.0 Å². The summed E-state index contributed by atoms with van der Waals surface area (Å²) in [5, 5.41) is 3.15. The van der Waals surface area contributed by atoms with Gasteiger partial charge in [-0.1, -0.05) is 22.5 Å². The van der Waals surface area contributed by atoms with Crippen molar-refractivity contribution < 1.29 is 8.42 Å². The van der Waals surface area contributed by atoms with Crippen LogP contribution < -0.4 is 10.0 Å². The van der Waals surface area contributed by atoms with Crippen molar-refractivity contribution in [1.29, 1.82) is 0 Å². The van der Waals surface area contributed by atoms with Crippen LogP contribution in [0.5, 0.6) is 0 Å². The molecule has 14 heavy (non-hydrogen) atoms. The molecule has 1 fully saturated rings. The van der Waals surface area contributed by atoms with E-state index in [4.69, 9.17) is 0 Å². The summed E-state index contributed by atoms with van der Waals surface area (Å²) in [6.07, 6.45) is 2.00. The fourth-order valence-electron chi connectivity index (χ4n) is 1.41. The summed E-state index contributed by atoms with van der Waals surface area (Å²) in [6.45, 7) is 4.75. The van der Waals surface area contributed by atoms with Crippen LogP contribution in [0.2, 0.25) is 0 Å². The van der Waals surface area contributed by atoms with Crippen LogP contribution in [0.3, 0.4) is 0 Å². The van der Waals surface area contributed by atoms with Crippen molar-refractivity contribution in [2.24, 2.45) is 0 Å². The maximum Gasteiger partial charge on any atom is 0.213 e. The van der Waals surface area contributed by atoms with E-state index in [9.17, 15) is 8.42 Å². The van der Waals surface area contributed by atoms with Crippen molar-refractivity contribution in [3.05, 3.63) is 11.1 Å². The predicted octanol–water partition coefficient (Wildman–Crippen LogP) is 0.566. The van der Waals surface area contributed by atoms with Crippen LogP contribution in [-0.2, 0) is 10.0 Å². The highest BCUT2D eigenvalue weighted by Gasteiger charge is 2.21. The molecule has 1 heterocycles. The second-order valence-electron chi connectivity index (χ2n) is 3.41. The van der Waals surface area contributed by atoms with E-state index in [0.29, 0.717) is 4.48 Å². The lowest BCUT2D eigenvalue weighted by Gasteiger charge is -2.11. The van der Waals surface area contributed by atoms with E-state index in [1.54, 1.807) is 0 Å². The predicted molar refractivity (Wildman–Crippen MR) is 60.9 cm³/mol. The minimum Gasteiger partial charge on any atom is -0.313 e. The van der Waals surface area contributed by atoms with E-state index in [-0.39, 0.29) is 18.3 Å². The number of hydrogen-bond acceptors (Lipinski definition) is 3. The zero-order valence-electron chi connectivity index (χ0n) is 7.92. The Hall–Kier alpha value is 0.0900. The first-order valence-corrected chi connectivity index (χ1v) is 6.98. The van der Waals surface area contributed by atoms with Gasteiger partial charge in [-0.3, -0.25) is 0 Å². The van der Waals surface area contributed by atoms with E-state index < -0.39 is 10.0 Å². The average molecular weight is 283 g/mol. The Morgan fingerprint density at radius 1 is 1.64 bits per heavy atom. The molecule has 1 saturated heterocycles. The van der Waals surface area contributed by atoms with Crippen LogP contribution >= 0.6 is 15.9 Å². The third-order valence-electron chi connectivity index (χ3n) is 2.07. The van der Waals surface area contributed by atoms with Gasteiger partial charge in [-0.05, 0) is 19.4 Å². The summed E-state index contributed by atoms with van der Waals surface area (Å²) in [4.78, 5) is 0. The summed E-state index contributed by atoms with van der Waals surface area (Å²) in [5.74, 6) is 0.160. The highest BCUT2D eigenvalue weighted by molar-refractivity contribution is 9.11. The summed E-state index contributed by atoms with van der Waals surface area (Å²) >= 11 is 3.10. The Morgan fingerprint density at radius 2 is 2.36 bits per heavy atom. The molecule has 2 N–H and O–H groups in total. The van der Waals surface area contributed by atoms with E-state index in [1.165, 1.54) is 0 Å². The molecule has 0 spiro atoms. The molecule has 0 aromatic heterocycles. The number of nitrogens with one attached hydrogen (secondary N) is 2. The largest absolute Gasteiger partial charge is 0.313 e. The Bertz CT molecular complexity index is 296. The van der Waals surface area contributed by atoms with Gasteiger partial charge in [0.1, 0.15) is 0 Å². The maximum absolute atomic E-state index is 11.5. The molecule has 0 saturated carbocycles. The fourth-order valence-corrected chi connectivity index (χ4v) is 3.06. The highest BCUT2D eigenvalue weighted by atomic mass is 79.9. The van der Waals surface area contributed by atoms with Gasteiger partial charge < -0.3 is 5.32 Å². The normalized spacial score (nSPS) is 22.5. The Kier molecular flexibility index (Phi) is 4.56. The van der Waals surface area contributed by atoms with Gasteiger partial charge in [0.15, 0.2) is 0 Å². The number of halogens is 1. The summed E-state index contributed by atoms with van der Waals surface area (Å²) < 4.78 is 26.1. The molecule has 1 aliphatic rings. The van der Waals surface area contributed by atoms with Crippen LogP contribution in [0.25, 0.3) is 0 Å². The van der Waals surface area contributed by atoms with Gasteiger partial charge >= 0.3 is 0 Å². The molecule has 0 aliphatic carbocycles. The molecule has 0 amide bonds. The first-order valence-electron chi connectivity index (χ1n) is 4.53. The number of rotatable bonds is 5. The molecule has 1 aliphatic heterocycles. The lowest BCUT2D eigenvalue weighted by molar-refractivity contribution is 0.567. The van der Waals surface area contributed by atoms with Crippen molar-refractivity contribution in [1.82, 2.24) is 10.0 Å². The molecular weight excluding hydrogens is 268 g/mol. The van der Waals surface area contributed by atoms with Crippen molar-refractivity contribution in [3.63, 3.8) is 0 Å². The van der Waals surface area contributed by atoms with Crippen LogP contribution in [0, 0.1) is 0 Å². The summed E-state index contributed by atoms with van der Waals surface area (Å²) in [5.41, 5.74) is 0. The molecule has 4 nitrogen and oxygen atoms in total. The first-order chi connectivity index (χ1) is 6.49. The van der Waals surface area contributed by atoms with Crippen molar-refractivity contribution in [2.75, 3.05) is 18.8 Å². The molecule has 1 atom stereocenters. The monoisotopic (exact) mass is 282 g/mol. The topological polar surface area (TPSA) is 58.2 Å². The highest BCUT2D eigenvalue weighted by Crippen LogP contribution is 2.07. The number of hydrogen-bond donors (Lipinski definition) is 2. The average Bonchev–Trinajstić information content (AvgIpc) is 2.53. The van der Waals surface area contributed by atoms with Gasteiger partial charge in [0, 0.05) is 17.1 Å². The van der Waals surface area contributed by atoms with Gasteiger partial charge in [0.2, 0.25) is 10.0 Å². The first kappa shape index (κ1) is 12.2. The SMILES string of the molecule is C=C(Br)CNS(=O)(=O)CC1CCCN1. The molecule has 0 radical (unpaired) electrons. The maximum atomic E-state index is 11.5.